The molecule has 0 bridgehead atoms. The van der Waals surface area contributed by atoms with Gasteiger partial charge >= 0.3 is 0 Å². The van der Waals surface area contributed by atoms with Gasteiger partial charge in [-0.25, -0.2) is 0 Å². The van der Waals surface area contributed by atoms with Crippen molar-refractivity contribution in [2.45, 2.75) is 13.0 Å². The number of anilines is 1. The summed E-state index contributed by atoms with van der Waals surface area (Å²) in [6.07, 6.45) is -0.549. The Morgan fingerprint density at radius 2 is 2.00 bits per heavy atom. The summed E-state index contributed by atoms with van der Waals surface area (Å²) >= 11 is 6.86. The van der Waals surface area contributed by atoms with Gasteiger partial charge in [-0.3, -0.25) is 0 Å². The third-order valence-corrected chi connectivity index (χ3v) is 3.53. The zero-order valence-electron chi connectivity index (χ0n) is 10.9. The Bertz CT molecular complexity index is 377. The lowest BCUT2D eigenvalue weighted by Gasteiger charge is -2.14. The number of aliphatic hydroxyl groups excluding tert-OH is 1. The molecule has 1 aromatic rings. The van der Waals surface area contributed by atoms with Gasteiger partial charge in [0, 0.05) is 27.8 Å². The monoisotopic (exact) mass is 395 g/mol. The van der Waals surface area contributed by atoms with Gasteiger partial charge in [-0.15, -0.1) is 0 Å². The minimum atomic E-state index is -0.549. The molecule has 108 valence electrons. The number of hydrogen-bond donors (Lipinski definition) is 2. The molecule has 19 heavy (non-hydrogen) atoms. The van der Waals surface area contributed by atoms with E-state index < -0.39 is 6.10 Å². The summed E-state index contributed by atoms with van der Waals surface area (Å²) in [4.78, 5) is 0. The summed E-state index contributed by atoms with van der Waals surface area (Å²) in [5.74, 6) is 0. The van der Waals surface area contributed by atoms with Crippen molar-refractivity contribution in [1.82, 2.24) is 0 Å². The molecule has 4 nitrogen and oxygen atoms in total. The average molecular weight is 397 g/mol. The van der Waals surface area contributed by atoms with E-state index >= 15 is 0 Å². The van der Waals surface area contributed by atoms with Crippen LogP contribution in [-0.4, -0.2) is 44.2 Å². The SMILES string of the molecule is CCOCCOCC(O)CNc1cc(Br)ccc1Br. The maximum absolute atomic E-state index is 9.77. The van der Waals surface area contributed by atoms with E-state index in [9.17, 15) is 5.11 Å². The Morgan fingerprint density at radius 1 is 1.26 bits per heavy atom. The van der Waals surface area contributed by atoms with Crippen molar-refractivity contribution in [2.24, 2.45) is 0 Å². The maximum atomic E-state index is 9.77. The van der Waals surface area contributed by atoms with Gasteiger partial charge in [0.05, 0.1) is 25.9 Å². The van der Waals surface area contributed by atoms with Crippen LogP contribution in [0.1, 0.15) is 6.92 Å². The molecule has 0 saturated carbocycles. The number of benzene rings is 1. The molecule has 1 rings (SSSR count). The molecule has 0 aromatic heterocycles. The summed E-state index contributed by atoms with van der Waals surface area (Å²) in [5.41, 5.74) is 0.933. The van der Waals surface area contributed by atoms with Crippen LogP contribution in [-0.2, 0) is 9.47 Å². The molecule has 6 heteroatoms. The van der Waals surface area contributed by atoms with Crippen molar-refractivity contribution in [3.05, 3.63) is 27.1 Å². The molecule has 0 fully saturated rings. The van der Waals surface area contributed by atoms with Crippen molar-refractivity contribution in [2.75, 3.05) is 38.3 Å². The summed E-state index contributed by atoms with van der Waals surface area (Å²) in [7, 11) is 0. The third-order valence-electron chi connectivity index (χ3n) is 2.34. The fourth-order valence-electron chi connectivity index (χ4n) is 1.40. The predicted molar refractivity (Wildman–Crippen MR) is 83.7 cm³/mol. The molecule has 0 aliphatic carbocycles. The molecule has 0 radical (unpaired) electrons. The first-order chi connectivity index (χ1) is 9.13. The van der Waals surface area contributed by atoms with Crippen molar-refractivity contribution >= 4 is 37.5 Å². The van der Waals surface area contributed by atoms with E-state index in [1.54, 1.807) is 0 Å². The lowest BCUT2D eigenvalue weighted by atomic mass is 10.3. The van der Waals surface area contributed by atoms with Crippen LogP contribution in [0.25, 0.3) is 0 Å². The van der Waals surface area contributed by atoms with Gasteiger partial charge in [-0.05, 0) is 41.1 Å². The normalized spacial score (nSPS) is 12.4. The van der Waals surface area contributed by atoms with E-state index in [0.29, 0.717) is 33.0 Å². The molecule has 2 N–H and O–H groups in total. The number of ether oxygens (including phenoxy) is 2. The highest BCUT2D eigenvalue weighted by molar-refractivity contribution is 9.11. The van der Waals surface area contributed by atoms with E-state index in [1.165, 1.54) is 0 Å². The van der Waals surface area contributed by atoms with Crippen molar-refractivity contribution in [3.63, 3.8) is 0 Å². The molecule has 0 spiro atoms. The Balaban J connectivity index is 2.22. The number of nitrogens with one attached hydrogen (secondary N) is 1. The highest BCUT2D eigenvalue weighted by atomic mass is 79.9. The minimum Gasteiger partial charge on any atom is -0.389 e. The summed E-state index contributed by atoms with van der Waals surface area (Å²) < 4.78 is 12.4. The second-order valence-electron chi connectivity index (χ2n) is 3.93. The van der Waals surface area contributed by atoms with Crippen molar-refractivity contribution < 1.29 is 14.6 Å². The van der Waals surface area contributed by atoms with Crippen LogP contribution < -0.4 is 5.32 Å². The lowest BCUT2D eigenvalue weighted by Crippen LogP contribution is -2.25. The number of hydrogen-bond acceptors (Lipinski definition) is 4. The molecule has 0 aliphatic heterocycles. The molecule has 0 aliphatic rings. The molecular formula is C13H19Br2NO3. The van der Waals surface area contributed by atoms with E-state index in [4.69, 9.17) is 9.47 Å². The summed E-state index contributed by atoms with van der Waals surface area (Å²) in [6, 6.07) is 5.84. The molecule has 1 aromatic carbocycles. The topological polar surface area (TPSA) is 50.7 Å². The Morgan fingerprint density at radius 3 is 2.74 bits per heavy atom. The largest absolute Gasteiger partial charge is 0.389 e. The van der Waals surface area contributed by atoms with Gasteiger partial charge in [0.1, 0.15) is 0 Å². The second-order valence-corrected chi connectivity index (χ2v) is 5.70. The quantitative estimate of drug-likeness (QED) is 0.630. The standard InChI is InChI=1S/C13H19Br2NO3/c1-2-18-5-6-19-9-11(17)8-16-13-7-10(14)3-4-12(13)15/h3-4,7,11,16-17H,2,5-6,8-9H2,1H3. The van der Waals surface area contributed by atoms with E-state index in [0.717, 1.165) is 14.6 Å². The average Bonchev–Trinajstić information content (AvgIpc) is 2.39. The first-order valence-corrected chi connectivity index (χ1v) is 7.74. The van der Waals surface area contributed by atoms with E-state index in [2.05, 4.69) is 37.2 Å². The van der Waals surface area contributed by atoms with Gasteiger partial charge in [0.2, 0.25) is 0 Å². The van der Waals surface area contributed by atoms with Crippen LogP contribution in [0.15, 0.2) is 27.1 Å². The maximum Gasteiger partial charge on any atom is 0.0945 e. The predicted octanol–water partition coefficient (Wildman–Crippen LogP) is 3.04. The Labute approximate surface area is 130 Å². The van der Waals surface area contributed by atoms with Crippen LogP contribution in [0.2, 0.25) is 0 Å². The smallest absolute Gasteiger partial charge is 0.0945 e. The molecular weight excluding hydrogens is 378 g/mol. The van der Waals surface area contributed by atoms with Gasteiger partial charge in [0.25, 0.3) is 0 Å². The van der Waals surface area contributed by atoms with Crippen LogP contribution >= 0.6 is 31.9 Å². The summed E-state index contributed by atoms with van der Waals surface area (Å²) in [6.45, 7) is 4.42. The lowest BCUT2D eigenvalue weighted by molar-refractivity contribution is 0.0103. The molecule has 0 amide bonds. The highest BCUT2D eigenvalue weighted by Gasteiger charge is 2.06. The van der Waals surface area contributed by atoms with Gasteiger partial charge in [-0.1, -0.05) is 15.9 Å². The fraction of sp³-hybridized carbons (Fsp3) is 0.538. The Kier molecular flexibility index (Phi) is 8.65. The van der Waals surface area contributed by atoms with Crippen molar-refractivity contribution in [1.29, 1.82) is 0 Å². The minimum absolute atomic E-state index is 0.297. The molecule has 0 saturated heterocycles. The first kappa shape index (κ1) is 16.9. The van der Waals surface area contributed by atoms with Crippen molar-refractivity contribution in [3.8, 4) is 0 Å². The van der Waals surface area contributed by atoms with Crippen LogP contribution in [0.4, 0.5) is 5.69 Å². The molecule has 0 heterocycles. The van der Waals surface area contributed by atoms with Gasteiger partial charge in [0.15, 0.2) is 0 Å². The van der Waals surface area contributed by atoms with E-state index in [1.807, 2.05) is 25.1 Å². The first-order valence-electron chi connectivity index (χ1n) is 6.16. The zero-order chi connectivity index (χ0) is 14.1. The van der Waals surface area contributed by atoms with Crippen LogP contribution in [0.3, 0.4) is 0 Å². The second kappa shape index (κ2) is 9.72. The van der Waals surface area contributed by atoms with Gasteiger partial charge in [-0.2, -0.15) is 0 Å². The number of aliphatic hydroxyl groups is 1. The molecule has 1 atom stereocenters. The Hall–Kier alpha value is -0.140. The molecule has 1 unspecified atom stereocenters. The third kappa shape index (κ3) is 7.27. The fourth-order valence-corrected chi connectivity index (χ4v) is 2.15. The number of halogens is 2. The number of rotatable bonds is 9. The van der Waals surface area contributed by atoms with Gasteiger partial charge < -0.3 is 19.9 Å². The van der Waals surface area contributed by atoms with E-state index in [-0.39, 0.29) is 0 Å². The van der Waals surface area contributed by atoms with Crippen LogP contribution in [0.5, 0.6) is 0 Å². The summed E-state index contributed by atoms with van der Waals surface area (Å²) in [5, 5.41) is 12.9. The zero-order valence-corrected chi connectivity index (χ0v) is 14.0. The van der Waals surface area contributed by atoms with Crippen LogP contribution in [0, 0.1) is 0 Å². The highest BCUT2D eigenvalue weighted by Crippen LogP contribution is 2.25.